The zero-order valence-electron chi connectivity index (χ0n) is 7.29. The van der Waals surface area contributed by atoms with Crippen molar-refractivity contribution < 1.29 is 8.42 Å². The van der Waals surface area contributed by atoms with Gasteiger partial charge in [-0.2, -0.15) is 0 Å². The van der Waals surface area contributed by atoms with E-state index in [0.29, 0.717) is 6.42 Å². The van der Waals surface area contributed by atoms with Gasteiger partial charge in [-0.15, -0.1) is 0 Å². The Morgan fingerprint density at radius 1 is 1.25 bits per heavy atom. The first-order valence-corrected chi connectivity index (χ1v) is 6.57. The third-order valence-electron chi connectivity index (χ3n) is 1.49. The third-order valence-corrected chi connectivity index (χ3v) is 2.73. The quantitative estimate of drug-likeness (QED) is 0.384. The molecule has 0 spiro atoms. The van der Waals surface area contributed by atoms with Crippen LogP contribution in [0.3, 0.4) is 0 Å². The molecule has 0 rings (SSSR count). The molecule has 0 aromatic carbocycles. The van der Waals surface area contributed by atoms with Crippen molar-refractivity contribution in [2.75, 3.05) is 5.75 Å². The number of halogens is 1. The first kappa shape index (κ1) is 12.0. The molecule has 0 saturated heterocycles. The summed E-state index contributed by atoms with van der Waals surface area (Å²) < 4.78 is 20.9. The normalized spacial score (nSPS) is 12.5. The monoisotopic (exact) mass is 210 g/mol. The Morgan fingerprint density at radius 2 is 1.92 bits per heavy atom. The predicted molar refractivity (Wildman–Crippen MR) is 52.9 cm³/mol. The maximum Gasteiger partial charge on any atom is 0.232 e. The lowest BCUT2D eigenvalue weighted by Gasteiger charge is -1.95. The Kier molecular flexibility index (Phi) is 6.48. The number of rotatable bonds is 6. The number of allylic oxidation sites excluding steroid dienone is 2. The molecular formula is C8H15ClO2S. The van der Waals surface area contributed by atoms with Crippen LogP contribution in [0.4, 0.5) is 0 Å². The lowest BCUT2D eigenvalue weighted by atomic mass is 10.2. The first-order chi connectivity index (χ1) is 5.56. The minimum absolute atomic E-state index is 0.102. The van der Waals surface area contributed by atoms with Gasteiger partial charge in [0.15, 0.2) is 0 Å². The Bertz CT molecular complexity index is 219. The van der Waals surface area contributed by atoms with E-state index in [-0.39, 0.29) is 5.75 Å². The second kappa shape index (κ2) is 6.49. The molecule has 0 unspecified atom stereocenters. The van der Waals surface area contributed by atoms with Gasteiger partial charge in [0.25, 0.3) is 0 Å². The first-order valence-electron chi connectivity index (χ1n) is 4.10. The van der Waals surface area contributed by atoms with Crippen molar-refractivity contribution in [3.05, 3.63) is 12.2 Å². The number of hydrogen-bond acceptors (Lipinski definition) is 2. The topological polar surface area (TPSA) is 34.1 Å². The SMILES string of the molecule is CC=CCCCCCS(=O)(=O)Cl. The number of unbranched alkanes of at least 4 members (excludes halogenated alkanes) is 3. The largest absolute Gasteiger partial charge is 0.232 e. The van der Waals surface area contributed by atoms with Crippen LogP contribution in [0.25, 0.3) is 0 Å². The van der Waals surface area contributed by atoms with E-state index in [9.17, 15) is 8.42 Å². The summed E-state index contributed by atoms with van der Waals surface area (Å²) in [5.74, 6) is 0.102. The van der Waals surface area contributed by atoms with Crippen molar-refractivity contribution >= 4 is 19.7 Å². The minimum Gasteiger partial charge on any atom is -0.212 e. The standard InChI is InChI=1S/C8H15ClO2S/c1-2-3-4-5-6-7-8-12(9,10)11/h2-3H,4-8H2,1H3. The van der Waals surface area contributed by atoms with E-state index in [0.717, 1.165) is 19.3 Å². The molecule has 2 nitrogen and oxygen atoms in total. The average molecular weight is 211 g/mol. The van der Waals surface area contributed by atoms with E-state index in [1.807, 2.05) is 13.0 Å². The molecule has 4 heteroatoms. The summed E-state index contributed by atoms with van der Waals surface area (Å²) >= 11 is 0. The van der Waals surface area contributed by atoms with Gasteiger partial charge in [0.1, 0.15) is 0 Å². The summed E-state index contributed by atoms with van der Waals surface area (Å²) in [4.78, 5) is 0. The molecule has 0 N–H and O–H groups in total. The zero-order chi connectivity index (χ0) is 9.45. The molecule has 0 aromatic heterocycles. The van der Waals surface area contributed by atoms with Crippen molar-refractivity contribution in [3.8, 4) is 0 Å². The number of hydrogen-bond donors (Lipinski definition) is 0. The molecule has 0 saturated carbocycles. The molecule has 0 heterocycles. The molecule has 0 bridgehead atoms. The fourth-order valence-corrected chi connectivity index (χ4v) is 1.76. The van der Waals surface area contributed by atoms with Crippen LogP contribution in [0.15, 0.2) is 12.2 Å². The van der Waals surface area contributed by atoms with Crippen LogP contribution in [0.2, 0.25) is 0 Å². The van der Waals surface area contributed by atoms with Crippen molar-refractivity contribution in [2.24, 2.45) is 0 Å². The van der Waals surface area contributed by atoms with Crippen LogP contribution in [0.1, 0.15) is 32.6 Å². The maximum atomic E-state index is 10.5. The van der Waals surface area contributed by atoms with Crippen molar-refractivity contribution in [1.29, 1.82) is 0 Å². The molecule has 0 aliphatic heterocycles. The van der Waals surface area contributed by atoms with Crippen LogP contribution >= 0.6 is 10.7 Å². The molecular weight excluding hydrogens is 196 g/mol. The van der Waals surface area contributed by atoms with E-state index < -0.39 is 9.05 Å². The molecule has 12 heavy (non-hydrogen) atoms. The van der Waals surface area contributed by atoms with Crippen molar-refractivity contribution in [3.63, 3.8) is 0 Å². The highest BCUT2D eigenvalue weighted by Crippen LogP contribution is 2.05. The summed E-state index contributed by atoms with van der Waals surface area (Å²) in [6.45, 7) is 1.98. The Labute approximate surface area is 79.0 Å². The van der Waals surface area contributed by atoms with E-state index in [1.54, 1.807) is 0 Å². The van der Waals surface area contributed by atoms with E-state index in [1.165, 1.54) is 0 Å². The molecule has 0 fully saturated rings. The van der Waals surface area contributed by atoms with Crippen LogP contribution in [-0.2, 0) is 9.05 Å². The van der Waals surface area contributed by atoms with Gasteiger partial charge in [0, 0.05) is 10.7 Å². The van der Waals surface area contributed by atoms with Gasteiger partial charge in [-0.25, -0.2) is 8.42 Å². The van der Waals surface area contributed by atoms with Crippen LogP contribution in [0, 0.1) is 0 Å². The lowest BCUT2D eigenvalue weighted by molar-refractivity contribution is 0.603. The van der Waals surface area contributed by atoms with Crippen LogP contribution in [0.5, 0.6) is 0 Å². The Morgan fingerprint density at radius 3 is 2.42 bits per heavy atom. The predicted octanol–water partition coefficient (Wildman–Crippen LogP) is 2.69. The van der Waals surface area contributed by atoms with Crippen molar-refractivity contribution in [1.82, 2.24) is 0 Å². The van der Waals surface area contributed by atoms with Crippen LogP contribution in [-0.4, -0.2) is 14.2 Å². The zero-order valence-corrected chi connectivity index (χ0v) is 8.87. The van der Waals surface area contributed by atoms with Gasteiger partial charge < -0.3 is 0 Å². The molecule has 72 valence electrons. The highest BCUT2D eigenvalue weighted by Gasteiger charge is 2.02. The smallest absolute Gasteiger partial charge is 0.212 e. The minimum atomic E-state index is -3.26. The summed E-state index contributed by atoms with van der Waals surface area (Å²) in [5, 5.41) is 0. The summed E-state index contributed by atoms with van der Waals surface area (Å²) in [5.41, 5.74) is 0. The molecule has 0 amide bonds. The second-order valence-electron chi connectivity index (χ2n) is 2.66. The van der Waals surface area contributed by atoms with E-state index in [4.69, 9.17) is 10.7 Å². The van der Waals surface area contributed by atoms with E-state index >= 15 is 0 Å². The molecule has 0 aliphatic carbocycles. The summed E-state index contributed by atoms with van der Waals surface area (Å²) in [6, 6.07) is 0. The fourth-order valence-electron chi connectivity index (χ4n) is 0.880. The molecule has 0 aliphatic rings. The van der Waals surface area contributed by atoms with Gasteiger partial charge in [-0.05, 0) is 26.2 Å². The molecule has 0 radical (unpaired) electrons. The lowest BCUT2D eigenvalue weighted by Crippen LogP contribution is -1.96. The van der Waals surface area contributed by atoms with Gasteiger partial charge in [0.05, 0.1) is 5.75 Å². The van der Waals surface area contributed by atoms with Crippen LogP contribution < -0.4 is 0 Å². The highest BCUT2D eigenvalue weighted by molar-refractivity contribution is 8.13. The summed E-state index contributed by atoms with van der Waals surface area (Å²) in [6.07, 6.45) is 7.74. The Hall–Kier alpha value is -0.0200. The van der Waals surface area contributed by atoms with Gasteiger partial charge in [-0.3, -0.25) is 0 Å². The molecule has 0 aromatic rings. The van der Waals surface area contributed by atoms with Gasteiger partial charge >= 0.3 is 0 Å². The van der Waals surface area contributed by atoms with E-state index in [2.05, 4.69) is 6.08 Å². The average Bonchev–Trinajstić information content (AvgIpc) is 1.94. The Balaban J connectivity index is 3.23. The second-order valence-corrected chi connectivity index (χ2v) is 5.56. The van der Waals surface area contributed by atoms with Gasteiger partial charge in [0.2, 0.25) is 9.05 Å². The highest BCUT2D eigenvalue weighted by atomic mass is 35.7. The third kappa shape index (κ3) is 9.98. The fraction of sp³-hybridized carbons (Fsp3) is 0.750. The van der Waals surface area contributed by atoms with Crippen molar-refractivity contribution in [2.45, 2.75) is 32.6 Å². The van der Waals surface area contributed by atoms with Gasteiger partial charge in [-0.1, -0.05) is 18.6 Å². The summed E-state index contributed by atoms with van der Waals surface area (Å²) in [7, 11) is 1.77. The molecule has 0 atom stereocenters. The maximum absolute atomic E-state index is 10.5.